The molecule has 3 aromatic heterocycles. The zero-order valence-electron chi connectivity index (χ0n) is 8.84. The van der Waals surface area contributed by atoms with Gasteiger partial charge in [-0.25, -0.2) is 4.98 Å². The predicted molar refractivity (Wildman–Crippen MR) is 62.4 cm³/mol. The average Bonchev–Trinajstić information content (AvgIpc) is 2.96. The summed E-state index contributed by atoms with van der Waals surface area (Å²) in [6.07, 6.45) is 5.48. The third-order valence-corrected chi connectivity index (χ3v) is 2.56. The molecule has 80 valence electrons. The second-order valence-electron chi connectivity index (χ2n) is 3.52. The number of hydrogen-bond donors (Lipinski definition) is 1. The first-order chi connectivity index (χ1) is 7.88. The van der Waals surface area contributed by atoms with Crippen molar-refractivity contribution in [1.82, 2.24) is 9.38 Å². The Labute approximate surface area is 92.5 Å². The Bertz CT molecular complexity index is 610. The minimum absolute atomic E-state index is 0.772. The third kappa shape index (κ3) is 1.27. The lowest BCUT2D eigenvalue weighted by Gasteiger charge is -2.02. The summed E-state index contributed by atoms with van der Waals surface area (Å²) >= 11 is 0. The highest BCUT2D eigenvalue weighted by atomic mass is 16.3. The van der Waals surface area contributed by atoms with Crippen LogP contribution >= 0.6 is 0 Å². The van der Waals surface area contributed by atoms with Crippen molar-refractivity contribution in [3.05, 3.63) is 42.9 Å². The summed E-state index contributed by atoms with van der Waals surface area (Å²) in [5.74, 6) is 1.59. The summed E-state index contributed by atoms with van der Waals surface area (Å²) in [6.45, 7) is 0. The minimum atomic E-state index is 0.772. The van der Waals surface area contributed by atoms with Gasteiger partial charge in [-0.15, -0.1) is 0 Å². The van der Waals surface area contributed by atoms with E-state index >= 15 is 0 Å². The molecule has 0 aliphatic rings. The largest absolute Gasteiger partial charge is 0.461 e. The highest BCUT2D eigenvalue weighted by Crippen LogP contribution is 2.21. The second kappa shape index (κ2) is 3.41. The first-order valence-corrected chi connectivity index (χ1v) is 5.07. The third-order valence-electron chi connectivity index (χ3n) is 2.56. The van der Waals surface area contributed by atoms with Gasteiger partial charge in [0.25, 0.3) is 0 Å². The molecular weight excluding hydrogens is 202 g/mol. The maximum atomic E-state index is 5.36. The SMILES string of the molecule is CNc1ccc2cnc(-c3ccco3)n2c1. The van der Waals surface area contributed by atoms with Gasteiger partial charge in [0.2, 0.25) is 0 Å². The lowest BCUT2D eigenvalue weighted by molar-refractivity contribution is 0.577. The Kier molecular flexibility index (Phi) is 1.93. The molecule has 0 saturated heterocycles. The number of pyridine rings is 1. The van der Waals surface area contributed by atoms with E-state index in [-0.39, 0.29) is 0 Å². The van der Waals surface area contributed by atoms with Crippen LogP contribution in [0.5, 0.6) is 0 Å². The van der Waals surface area contributed by atoms with Crippen molar-refractivity contribution >= 4 is 11.2 Å². The monoisotopic (exact) mass is 213 g/mol. The predicted octanol–water partition coefficient (Wildman–Crippen LogP) is 2.64. The number of rotatable bonds is 2. The molecule has 0 aromatic carbocycles. The van der Waals surface area contributed by atoms with E-state index in [0.717, 1.165) is 22.8 Å². The van der Waals surface area contributed by atoms with Crippen LogP contribution in [0.2, 0.25) is 0 Å². The van der Waals surface area contributed by atoms with Crippen molar-refractivity contribution in [2.45, 2.75) is 0 Å². The Morgan fingerprint density at radius 1 is 1.31 bits per heavy atom. The van der Waals surface area contributed by atoms with E-state index in [2.05, 4.69) is 10.3 Å². The van der Waals surface area contributed by atoms with Gasteiger partial charge in [-0.1, -0.05) is 0 Å². The molecule has 4 nitrogen and oxygen atoms in total. The Morgan fingerprint density at radius 3 is 3.00 bits per heavy atom. The zero-order valence-corrected chi connectivity index (χ0v) is 8.84. The van der Waals surface area contributed by atoms with E-state index < -0.39 is 0 Å². The van der Waals surface area contributed by atoms with Crippen LogP contribution in [0.1, 0.15) is 0 Å². The van der Waals surface area contributed by atoms with E-state index in [9.17, 15) is 0 Å². The Balaban J connectivity index is 2.25. The summed E-state index contributed by atoms with van der Waals surface area (Å²) in [7, 11) is 1.89. The number of anilines is 1. The number of imidazole rings is 1. The van der Waals surface area contributed by atoms with E-state index in [4.69, 9.17) is 4.42 Å². The van der Waals surface area contributed by atoms with Gasteiger partial charge in [-0.2, -0.15) is 0 Å². The second-order valence-corrected chi connectivity index (χ2v) is 3.52. The van der Waals surface area contributed by atoms with Crippen LogP contribution in [0.3, 0.4) is 0 Å². The molecule has 16 heavy (non-hydrogen) atoms. The van der Waals surface area contributed by atoms with Gasteiger partial charge in [0.1, 0.15) is 0 Å². The molecule has 3 rings (SSSR count). The van der Waals surface area contributed by atoms with Crippen LogP contribution in [0.4, 0.5) is 5.69 Å². The van der Waals surface area contributed by atoms with Crippen molar-refractivity contribution in [1.29, 1.82) is 0 Å². The van der Waals surface area contributed by atoms with E-state index in [1.54, 1.807) is 6.26 Å². The first-order valence-electron chi connectivity index (χ1n) is 5.07. The van der Waals surface area contributed by atoms with Crippen LogP contribution < -0.4 is 5.32 Å². The van der Waals surface area contributed by atoms with Crippen LogP contribution in [-0.4, -0.2) is 16.4 Å². The lowest BCUT2D eigenvalue weighted by Crippen LogP contribution is -1.93. The minimum Gasteiger partial charge on any atom is -0.461 e. The molecule has 0 fully saturated rings. The van der Waals surface area contributed by atoms with Gasteiger partial charge >= 0.3 is 0 Å². The lowest BCUT2D eigenvalue weighted by atomic mass is 10.3. The summed E-state index contributed by atoms with van der Waals surface area (Å²) in [6, 6.07) is 7.80. The molecule has 0 bridgehead atoms. The van der Waals surface area contributed by atoms with Gasteiger partial charge in [-0.3, -0.25) is 4.40 Å². The fraction of sp³-hybridized carbons (Fsp3) is 0.0833. The number of furan rings is 1. The van der Waals surface area contributed by atoms with Crippen molar-refractivity contribution < 1.29 is 4.42 Å². The number of nitrogens with one attached hydrogen (secondary N) is 1. The van der Waals surface area contributed by atoms with Gasteiger partial charge in [0.15, 0.2) is 11.6 Å². The molecule has 3 aromatic rings. The van der Waals surface area contributed by atoms with Crippen LogP contribution in [0, 0.1) is 0 Å². The molecular formula is C12H11N3O. The van der Waals surface area contributed by atoms with E-state index in [1.807, 2.05) is 48.1 Å². The summed E-state index contributed by atoms with van der Waals surface area (Å²) in [5, 5.41) is 3.10. The van der Waals surface area contributed by atoms with Crippen LogP contribution in [-0.2, 0) is 0 Å². The number of fused-ring (bicyclic) bond motifs is 1. The topological polar surface area (TPSA) is 42.5 Å². The molecule has 3 heterocycles. The van der Waals surface area contributed by atoms with Gasteiger partial charge in [0, 0.05) is 13.2 Å². The van der Waals surface area contributed by atoms with Gasteiger partial charge in [-0.05, 0) is 24.3 Å². The molecule has 0 atom stereocenters. The molecule has 4 heteroatoms. The molecule has 0 aliphatic carbocycles. The number of hydrogen-bond acceptors (Lipinski definition) is 3. The number of nitrogens with zero attached hydrogens (tertiary/aromatic N) is 2. The average molecular weight is 213 g/mol. The van der Waals surface area contributed by atoms with Crippen molar-refractivity contribution in [3.8, 4) is 11.6 Å². The standard InChI is InChI=1S/C12H11N3O/c1-13-9-4-5-10-7-14-12(15(10)8-9)11-3-2-6-16-11/h2-8,13H,1H3. The maximum absolute atomic E-state index is 5.36. The fourth-order valence-electron chi connectivity index (χ4n) is 1.73. The molecule has 0 unspecified atom stereocenters. The van der Waals surface area contributed by atoms with Gasteiger partial charge in [0.05, 0.1) is 23.7 Å². The van der Waals surface area contributed by atoms with E-state index in [1.165, 1.54) is 0 Å². The molecule has 0 radical (unpaired) electrons. The quantitative estimate of drug-likeness (QED) is 0.711. The zero-order chi connectivity index (χ0) is 11.0. The van der Waals surface area contributed by atoms with E-state index in [0.29, 0.717) is 0 Å². The number of aromatic nitrogens is 2. The molecule has 0 saturated carbocycles. The Hall–Kier alpha value is -2.23. The molecule has 1 N–H and O–H groups in total. The first kappa shape index (κ1) is 9.03. The van der Waals surface area contributed by atoms with Gasteiger partial charge < -0.3 is 9.73 Å². The van der Waals surface area contributed by atoms with Crippen LogP contribution in [0.15, 0.2) is 47.3 Å². The molecule has 0 amide bonds. The molecule has 0 aliphatic heterocycles. The smallest absolute Gasteiger partial charge is 0.180 e. The van der Waals surface area contributed by atoms with Crippen molar-refractivity contribution in [2.75, 3.05) is 12.4 Å². The van der Waals surface area contributed by atoms with Crippen molar-refractivity contribution in [2.24, 2.45) is 0 Å². The summed E-state index contributed by atoms with van der Waals surface area (Å²) in [5.41, 5.74) is 2.09. The molecule has 0 spiro atoms. The summed E-state index contributed by atoms with van der Waals surface area (Å²) in [4.78, 5) is 4.35. The highest BCUT2D eigenvalue weighted by molar-refractivity contribution is 5.61. The van der Waals surface area contributed by atoms with Crippen LogP contribution in [0.25, 0.3) is 17.1 Å². The summed E-state index contributed by atoms with van der Waals surface area (Å²) < 4.78 is 7.36. The van der Waals surface area contributed by atoms with Crippen molar-refractivity contribution in [3.63, 3.8) is 0 Å². The Morgan fingerprint density at radius 2 is 2.25 bits per heavy atom. The maximum Gasteiger partial charge on any atom is 0.180 e. The normalized spacial score (nSPS) is 10.8. The fourth-order valence-corrected chi connectivity index (χ4v) is 1.73. The highest BCUT2D eigenvalue weighted by Gasteiger charge is 2.08.